The Bertz CT molecular complexity index is 1020. The maximum absolute atomic E-state index is 13.1. The van der Waals surface area contributed by atoms with Gasteiger partial charge in [-0.25, -0.2) is 8.42 Å². The number of aromatic nitrogens is 1. The first-order valence-electron chi connectivity index (χ1n) is 8.43. The lowest BCUT2D eigenvalue weighted by atomic mass is 10.1. The number of para-hydroxylation sites is 1. The molecule has 2 heterocycles. The highest BCUT2D eigenvalue weighted by molar-refractivity contribution is 7.91. The molecule has 0 saturated carbocycles. The van der Waals surface area contributed by atoms with Crippen LogP contribution in [0.15, 0.2) is 58.5 Å². The molecule has 130 valence electrons. The monoisotopic (exact) mass is 374 g/mol. The van der Waals surface area contributed by atoms with Gasteiger partial charge in [0.1, 0.15) is 0 Å². The van der Waals surface area contributed by atoms with E-state index in [-0.39, 0.29) is 4.90 Å². The number of halogens is 1. The number of piperidine rings is 1. The zero-order chi connectivity index (χ0) is 17.4. The molecule has 0 spiro atoms. The second-order valence-corrected chi connectivity index (χ2v) is 8.72. The second kappa shape index (κ2) is 6.39. The molecule has 0 amide bonds. The Balaban J connectivity index is 1.84. The van der Waals surface area contributed by atoms with Crippen LogP contribution in [-0.2, 0) is 9.84 Å². The van der Waals surface area contributed by atoms with E-state index in [2.05, 4.69) is 16.0 Å². The summed E-state index contributed by atoms with van der Waals surface area (Å²) in [6.07, 6.45) is 5.19. The molecule has 1 saturated heterocycles. The SMILES string of the molecule is O=S(=O)(c1cccc(Cl)c1)c1c[nH]c2c(N3CCCCC3)cccc12. The van der Waals surface area contributed by atoms with Crippen molar-refractivity contribution in [3.05, 3.63) is 53.7 Å². The summed E-state index contributed by atoms with van der Waals surface area (Å²) in [7, 11) is -3.63. The number of rotatable bonds is 3. The fourth-order valence-electron chi connectivity index (χ4n) is 3.49. The van der Waals surface area contributed by atoms with Crippen molar-refractivity contribution in [1.82, 2.24) is 4.98 Å². The minimum atomic E-state index is -3.63. The molecule has 0 unspecified atom stereocenters. The van der Waals surface area contributed by atoms with Crippen molar-refractivity contribution in [3.8, 4) is 0 Å². The summed E-state index contributed by atoms with van der Waals surface area (Å²) >= 11 is 5.98. The van der Waals surface area contributed by atoms with E-state index >= 15 is 0 Å². The second-order valence-electron chi connectivity index (χ2n) is 6.36. The topological polar surface area (TPSA) is 53.2 Å². The van der Waals surface area contributed by atoms with Gasteiger partial charge in [0.05, 0.1) is 21.0 Å². The number of nitrogens with zero attached hydrogens (tertiary/aromatic N) is 1. The normalized spacial score (nSPS) is 15.6. The molecule has 1 fully saturated rings. The number of benzene rings is 2. The minimum Gasteiger partial charge on any atom is -0.370 e. The predicted octanol–water partition coefficient (Wildman–Crippen LogP) is 4.64. The highest BCUT2D eigenvalue weighted by Crippen LogP contribution is 2.34. The molecule has 25 heavy (non-hydrogen) atoms. The summed E-state index contributed by atoms with van der Waals surface area (Å²) in [4.78, 5) is 6.03. The van der Waals surface area contributed by atoms with Crippen LogP contribution >= 0.6 is 11.6 Å². The van der Waals surface area contributed by atoms with E-state index in [1.807, 2.05) is 12.1 Å². The Labute approximate surface area is 152 Å². The van der Waals surface area contributed by atoms with Gasteiger partial charge in [-0.05, 0) is 43.5 Å². The van der Waals surface area contributed by atoms with Crippen LogP contribution in [0.5, 0.6) is 0 Å². The Hall–Kier alpha value is -1.98. The van der Waals surface area contributed by atoms with Crippen molar-refractivity contribution < 1.29 is 8.42 Å². The summed E-state index contributed by atoms with van der Waals surface area (Å²) in [5.74, 6) is 0. The van der Waals surface area contributed by atoms with Crippen LogP contribution in [-0.4, -0.2) is 26.5 Å². The molecule has 0 radical (unpaired) electrons. The number of hydrogen-bond acceptors (Lipinski definition) is 3. The van der Waals surface area contributed by atoms with Crippen molar-refractivity contribution in [3.63, 3.8) is 0 Å². The number of hydrogen-bond donors (Lipinski definition) is 1. The summed E-state index contributed by atoms with van der Waals surface area (Å²) < 4.78 is 26.1. The van der Waals surface area contributed by atoms with Crippen LogP contribution in [0.3, 0.4) is 0 Å². The number of aromatic amines is 1. The number of H-pyrrole nitrogens is 1. The van der Waals surface area contributed by atoms with Gasteiger partial charge in [-0.1, -0.05) is 29.8 Å². The van der Waals surface area contributed by atoms with E-state index < -0.39 is 9.84 Å². The molecule has 1 aromatic heterocycles. The van der Waals surface area contributed by atoms with E-state index in [4.69, 9.17) is 11.6 Å². The van der Waals surface area contributed by atoms with Crippen LogP contribution in [0.1, 0.15) is 19.3 Å². The van der Waals surface area contributed by atoms with E-state index in [9.17, 15) is 8.42 Å². The largest absolute Gasteiger partial charge is 0.370 e. The zero-order valence-corrected chi connectivity index (χ0v) is 15.3. The van der Waals surface area contributed by atoms with Gasteiger partial charge in [-0.2, -0.15) is 0 Å². The van der Waals surface area contributed by atoms with Gasteiger partial charge in [0.25, 0.3) is 0 Å². The molecule has 1 N–H and O–H groups in total. The van der Waals surface area contributed by atoms with Crippen LogP contribution in [0.2, 0.25) is 5.02 Å². The predicted molar refractivity (Wildman–Crippen MR) is 101 cm³/mol. The van der Waals surface area contributed by atoms with E-state index in [1.165, 1.54) is 25.3 Å². The first kappa shape index (κ1) is 16.5. The summed E-state index contributed by atoms with van der Waals surface area (Å²) in [6.45, 7) is 2.02. The summed E-state index contributed by atoms with van der Waals surface area (Å²) in [5, 5.41) is 1.14. The van der Waals surface area contributed by atoms with Crippen LogP contribution in [0.25, 0.3) is 10.9 Å². The van der Waals surface area contributed by atoms with Crippen molar-refractivity contribution in [2.45, 2.75) is 29.1 Å². The van der Waals surface area contributed by atoms with Gasteiger partial charge in [-0.3, -0.25) is 0 Å². The number of sulfone groups is 1. The quantitative estimate of drug-likeness (QED) is 0.726. The van der Waals surface area contributed by atoms with Crippen LogP contribution in [0.4, 0.5) is 5.69 Å². The first-order chi connectivity index (χ1) is 12.1. The Morgan fingerprint density at radius 2 is 1.76 bits per heavy atom. The van der Waals surface area contributed by atoms with E-state index in [0.717, 1.165) is 29.7 Å². The molecular weight excluding hydrogens is 356 g/mol. The maximum atomic E-state index is 13.1. The fourth-order valence-corrected chi connectivity index (χ4v) is 5.22. The first-order valence-corrected chi connectivity index (χ1v) is 10.3. The molecule has 1 aliphatic heterocycles. The maximum Gasteiger partial charge on any atom is 0.208 e. The minimum absolute atomic E-state index is 0.212. The van der Waals surface area contributed by atoms with Crippen molar-refractivity contribution >= 4 is 38.0 Å². The summed E-state index contributed by atoms with van der Waals surface area (Å²) in [6, 6.07) is 12.2. The van der Waals surface area contributed by atoms with Gasteiger partial charge < -0.3 is 9.88 Å². The Kier molecular flexibility index (Phi) is 4.21. The van der Waals surface area contributed by atoms with Crippen molar-refractivity contribution in [1.29, 1.82) is 0 Å². The van der Waals surface area contributed by atoms with Crippen LogP contribution < -0.4 is 4.90 Å². The van der Waals surface area contributed by atoms with Gasteiger partial charge in [0.2, 0.25) is 9.84 Å². The summed E-state index contributed by atoms with van der Waals surface area (Å²) in [5.41, 5.74) is 1.95. The molecule has 0 atom stereocenters. The lowest BCUT2D eigenvalue weighted by Gasteiger charge is -2.29. The van der Waals surface area contributed by atoms with Gasteiger partial charge >= 0.3 is 0 Å². The molecule has 4 nitrogen and oxygen atoms in total. The fraction of sp³-hybridized carbons (Fsp3) is 0.263. The third-order valence-corrected chi connectivity index (χ3v) is 6.77. The van der Waals surface area contributed by atoms with Gasteiger partial charge in [0.15, 0.2) is 0 Å². The Morgan fingerprint density at radius 3 is 2.52 bits per heavy atom. The molecule has 2 aromatic carbocycles. The lowest BCUT2D eigenvalue weighted by Crippen LogP contribution is -2.29. The average molecular weight is 375 g/mol. The highest BCUT2D eigenvalue weighted by Gasteiger charge is 2.24. The Morgan fingerprint density at radius 1 is 1.00 bits per heavy atom. The molecule has 0 aliphatic carbocycles. The lowest BCUT2D eigenvalue weighted by molar-refractivity contribution is 0.579. The molecule has 1 aliphatic rings. The van der Waals surface area contributed by atoms with Gasteiger partial charge in [-0.15, -0.1) is 0 Å². The number of fused-ring (bicyclic) bond motifs is 1. The molecule has 6 heteroatoms. The van der Waals surface area contributed by atoms with E-state index in [0.29, 0.717) is 9.92 Å². The molecular formula is C19H19ClN2O2S. The van der Waals surface area contributed by atoms with Gasteiger partial charge in [0, 0.05) is 29.7 Å². The molecule has 3 aromatic rings. The highest BCUT2D eigenvalue weighted by atomic mass is 35.5. The molecule has 0 bridgehead atoms. The third kappa shape index (κ3) is 2.92. The smallest absolute Gasteiger partial charge is 0.208 e. The average Bonchev–Trinajstić information content (AvgIpc) is 3.07. The standard InChI is InChI=1S/C19H19ClN2O2S/c20-14-6-4-7-15(12-14)25(23,24)18-13-21-19-16(18)8-5-9-17(19)22-10-2-1-3-11-22/h4-9,12-13,21H,1-3,10-11H2. The van der Waals surface area contributed by atoms with Crippen molar-refractivity contribution in [2.75, 3.05) is 18.0 Å². The number of nitrogens with one attached hydrogen (secondary N) is 1. The van der Waals surface area contributed by atoms with Crippen molar-refractivity contribution in [2.24, 2.45) is 0 Å². The molecule has 4 rings (SSSR count). The zero-order valence-electron chi connectivity index (χ0n) is 13.7. The van der Waals surface area contributed by atoms with Crippen LogP contribution in [0, 0.1) is 0 Å². The third-order valence-electron chi connectivity index (χ3n) is 4.75. The van der Waals surface area contributed by atoms with E-state index in [1.54, 1.807) is 24.4 Å². The number of anilines is 1.